The molecule has 0 aliphatic carbocycles. The number of anilines is 1. The van der Waals surface area contributed by atoms with E-state index in [4.69, 9.17) is 10.3 Å². The Morgan fingerprint density at radius 1 is 1.28 bits per heavy atom. The van der Waals surface area contributed by atoms with Crippen LogP contribution in [-0.4, -0.2) is 29.2 Å². The van der Waals surface area contributed by atoms with Gasteiger partial charge in [0.1, 0.15) is 5.69 Å². The van der Waals surface area contributed by atoms with Crippen LogP contribution in [0, 0.1) is 0 Å². The third-order valence-corrected chi connectivity index (χ3v) is 3.87. The summed E-state index contributed by atoms with van der Waals surface area (Å²) in [5.74, 6) is -0.685. The molecule has 2 aromatic rings. The maximum absolute atomic E-state index is 12.5. The maximum atomic E-state index is 12.5. The molecule has 0 N–H and O–H groups in total. The van der Waals surface area contributed by atoms with Gasteiger partial charge in [-0.05, 0) is 36.4 Å². The fraction of sp³-hybridized carbons (Fsp3) is 0.188. The first-order valence-corrected chi connectivity index (χ1v) is 8.33. The van der Waals surface area contributed by atoms with E-state index in [1.165, 1.54) is 18.0 Å². The Labute approximate surface area is 148 Å². The van der Waals surface area contributed by atoms with Crippen LogP contribution in [0.3, 0.4) is 0 Å². The van der Waals surface area contributed by atoms with Gasteiger partial charge in [-0.2, -0.15) is 4.91 Å². The number of benzene rings is 1. The van der Waals surface area contributed by atoms with Crippen LogP contribution in [0.4, 0.5) is 5.69 Å². The van der Waals surface area contributed by atoms with Gasteiger partial charge in [0.25, 0.3) is 0 Å². The Balaban J connectivity index is 2.10. The molecule has 2 rings (SSSR count). The number of aromatic nitrogens is 1. The molecule has 0 bridgehead atoms. The second kappa shape index (κ2) is 9.31. The van der Waals surface area contributed by atoms with Gasteiger partial charge in [0.15, 0.2) is 0 Å². The number of para-hydroxylation sites is 1. The zero-order valence-electron chi connectivity index (χ0n) is 13.4. The third kappa shape index (κ3) is 5.23. The molecule has 0 aliphatic rings. The van der Waals surface area contributed by atoms with Crippen molar-refractivity contribution in [2.75, 3.05) is 17.4 Å². The van der Waals surface area contributed by atoms with Crippen LogP contribution < -0.4 is 5.01 Å². The van der Waals surface area contributed by atoms with Crippen LogP contribution in [0.2, 0.25) is 0 Å². The number of hydrogen-bond acceptors (Lipinski definition) is 6. The zero-order valence-corrected chi connectivity index (χ0v) is 14.2. The molecule has 0 saturated heterocycles. The highest BCUT2D eigenvalue weighted by Crippen LogP contribution is 2.19. The maximum Gasteiger partial charge on any atom is 0.350 e. The van der Waals surface area contributed by atoms with Crippen LogP contribution in [0.15, 0.2) is 58.9 Å². The second-order valence-electron chi connectivity index (χ2n) is 4.61. The summed E-state index contributed by atoms with van der Waals surface area (Å²) in [4.78, 5) is 30.7. The van der Waals surface area contributed by atoms with Gasteiger partial charge < -0.3 is 4.74 Å². The van der Waals surface area contributed by atoms with Gasteiger partial charge in [0, 0.05) is 6.20 Å². The molecule has 1 heterocycles. The van der Waals surface area contributed by atoms with E-state index in [-0.39, 0.29) is 17.3 Å². The number of carbonyl (C=O) groups excluding carboxylic acids is 2. The first kappa shape index (κ1) is 18.3. The molecule has 0 fully saturated rings. The van der Waals surface area contributed by atoms with Gasteiger partial charge in [0.05, 0.1) is 22.9 Å². The van der Waals surface area contributed by atoms with Crippen LogP contribution in [-0.2, 0) is 9.53 Å². The SMILES string of the molecule is CCOC(=O)CSc1ccc(C(=O)N(N=[N+]=[N-])c2ccccc2)cn1. The molecule has 0 radical (unpaired) electrons. The Hall–Kier alpha value is -3.03. The summed E-state index contributed by atoms with van der Waals surface area (Å²) in [7, 11) is 0. The van der Waals surface area contributed by atoms with E-state index in [1.807, 2.05) is 0 Å². The molecule has 25 heavy (non-hydrogen) atoms. The summed E-state index contributed by atoms with van der Waals surface area (Å²) in [6.45, 7) is 2.07. The molecule has 1 aromatic carbocycles. The fourth-order valence-corrected chi connectivity index (χ4v) is 2.51. The average Bonchev–Trinajstić information content (AvgIpc) is 2.65. The molecule has 1 aromatic heterocycles. The van der Waals surface area contributed by atoms with Crippen molar-refractivity contribution in [3.05, 3.63) is 64.7 Å². The van der Waals surface area contributed by atoms with Crippen LogP contribution in [0.5, 0.6) is 0 Å². The predicted octanol–water partition coefficient (Wildman–Crippen LogP) is 3.61. The molecule has 8 nitrogen and oxygen atoms in total. The lowest BCUT2D eigenvalue weighted by atomic mass is 10.2. The quantitative estimate of drug-likeness (QED) is 0.188. The number of azide groups is 1. The highest BCUT2D eigenvalue weighted by molar-refractivity contribution is 7.99. The topological polar surface area (TPSA) is 108 Å². The van der Waals surface area contributed by atoms with Crippen molar-refractivity contribution < 1.29 is 14.3 Å². The summed E-state index contributed by atoms with van der Waals surface area (Å²) in [5.41, 5.74) is 9.42. The standard InChI is InChI=1S/C16H15N5O3S/c1-2-24-15(22)11-25-14-9-8-12(10-18-14)16(23)21(20-19-17)13-6-4-3-5-7-13/h3-10H,2,11H2,1H3. The Bertz CT molecular complexity index is 776. The Morgan fingerprint density at radius 2 is 2.04 bits per heavy atom. The number of pyridine rings is 1. The van der Waals surface area contributed by atoms with Gasteiger partial charge in [-0.1, -0.05) is 30.0 Å². The molecule has 0 saturated carbocycles. The number of ether oxygens (including phenoxy) is 1. The van der Waals surface area contributed by atoms with Crippen molar-refractivity contribution >= 4 is 29.3 Å². The summed E-state index contributed by atoms with van der Waals surface area (Å²) in [6, 6.07) is 11.8. The average molecular weight is 357 g/mol. The van der Waals surface area contributed by atoms with Crippen LogP contribution in [0.25, 0.3) is 10.4 Å². The highest BCUT2D eigenvalue weighted by Gasteiger charge is 2.22. The summed E-state index contributed by atoms with van der Waals surface area (Å²) in [6.07, 6.45) is 1.37. The largest absolute Gasteiger partial charge is 0.465 e. The van der Waals surface area contributed by atoms with Gasteiger partial charge in [0.2, 0.25) is 0 Å². The third-order valence-electron chi connectivity index (χ3n) is 2.95. The van der Waals surface area contributed by atoms with E-state index in [0.29, 0.717) is 17.3 Å². The number of nitrogens with zero attached hydrogens (tertiary/aromatic N) is 5. The normalized spacial score (nSPS) is 9.80. The van der Waals surface area contributed by atoms with E-state index < -0.39 is 5.91 Å². The molecule has 0 unspecified atom stereocenters. The van der Waals surface area contributed by atoms with Gasteiger partial charge in [-0.3, -0.25) is 4.79 Å². The lowest BCUT2D eigenvalue weighted by molar-refractivity contribution is -0.139. The molecular weight excluding hydrogens is 342 g/mol. The highest BCUT2D eigenvalue weighted by atomic mass is 32.2. The zero-order chi connectivity index (χ0) is 18.1. The van der Waals surface area contributed by atoms with Crippen molar-refractivity contribution in [1.82, 2.24) is 4.98 Å². The molecule has 0 aliphatic heterocycles. The van der Waals surface area contributed by atoms with E-state index in [2.05, 4.69) is 15.1 Å². The van der Waals surface area contributed by atoms with Crippen LogP contribution in [0.1, 0.15) is 17.3 Å². The van der Waals surface area contributed by atoms with E-state index in [1.54, 1.807) is 49.4 Å². The molecule has 128 valence electrons. The lowest BCUT2D eigenvalue weighted by Crippen LogP contribution is -2.24. The number of esters is 1. The first-order valence-electron chi connectivity index (χ1n) is 7.34. The Kier molecular flexibility index (Phi) is 6.82. The van der Waals surface area contributed by atoms with Gasteiger partial charge in [-0.15, -0.1) is 10.5 Å². The Morgan fingerprint density at radius 3 is 2.64 bits per heavy atom. The lowest BCUT2D eigenvalue weighted by Gasteiger charge is -2.11. The van der Waals surface area contributed by atoms with Gasteiger partial charge in [-0.25, -0.2) is 9.78 Å². The minimum absolute atomic E-state index is 0.142. The number of thioether (sulfide) groups is 1. The molecule has 0 atom stereocenters. The van der Waals surface area contributed by atoms with E-state index in [0.717, 1.165) is 5.01 Å². The molecular formula is C16H15N5O3S. The van der Waals surface area contributed by atoms with E-state index >= 15 is 0 Å². The smallest absolute Gasteiger partial charge is 0.350 e. The molecule has 0 spiro atoms. The molecule has 9 heteroatoms. The predicted molar refractivity (Wildman–Crippen MR) is 94.0 cm³/mol. The van der Waals surface area contributed by atoms with Crippen molar-refractivity contribution in [3.8, 4) is 0 Å². The number of amides is 1. The van der Waals surface area contributed by atoms with Crippen LogP contribution >= 0.6 is 11.8 Å². The van der Waals surface area contributed by atoms with Gasteiger partial charge >= 0.3 is 11.9 Å². The summed E-state index contributed by atoms with van der Waals surface area (Å²) in [5, 5.41) is 4.99. The van der Waals surface area contributed by atoms with Crippen molar-refractivity contribution in [2.45, 2.75) is 11.9 Å². The fourth-order valence-electron chi connectivity index (χ4n) is 1.87. The van der Waals surface area contributed by atoms with E-state index in [9.17, 15) is 9.59 Å². The first-order chi connectivity index (χ1) is 12.2. The number of hydrogen-bond donors (Lipinski definition) is 0. The summed E-state index contributed by atoms with van der Waals surface area (Å²) >= 11 is 1.21. The minimum atomic E-state index is -0.501. The number of rotatable bonds is 7. The van der Waals surface area contributed by atoms with Crippen molar-refractivity contribution in [1.29, 1.82) is 0 Å². The minimum Gasteiger partial charge on any atom is -0.465 e. The second-order valence-corrected chi connectivity index (χ2v) is 5.61. The monoisotopic (exact) mass is 357 g/mol. The number of carbonyl (C=O) groups is 2. The molecule has 1 amide bonds. The summed E-state index contributed by atoms with van der Waals surface area (Å²) < 4.78 is 4.84. The van der Waals surface area contributed by atoms with Crippen molar-refractivity contribution in [3.63, 3.8) is 0 Å². The van der Waals surface area contributed by atoms with Crippen molar-refractivity contribution in [2.24, 2.45) is 5.22 Å².